The van der Waals surface area contributed by atoms with Gasteiger partial charge in [-0.15, -0.1) is 0 Å². The Kier molecular flexibility index (Phi) is 11.2. The lowest BCUT2D eigenvalue weighted by Crippen LogP contribution is -2.70. The molecule has 0 radical (unpaired) electrons. The van der Waals surface area contributed by atoms with Crippen LogP contribution in [-0.4, -0.2) is 161 Å². The second-order valence-corrected chi connectivity index (χ2v) is 12.7. The van der Waals surface area contributed by atoms with Crippen LogP contribution < -0.4 is 33.6 Å². The van der Waals surface area contributed by atoms with Gasteiger partial charge in [0, 0.05) is 12.1 Å². The van der Waals surface area contributed by atoms with Crippen LogP contribution in [0.3, 0.4) is 0 Å². The van der Waals surface area contributed by atoms with E-state index >= 15 is 0 Å². The minimum atomic E-state index is -1.52. The Balaban J connectivity index is 1.21. The molecule has 44 heavy (non-hydrogen) atoms. The van der Waals surface area contributed by atoms with Crippen LogP contribution in [0, 0.1) is 0 Å². The topological polar surface area (TPSA) is 305 Å². The van der Waals surface area contributed by atoms with Crippen LogP contribution >= 0.6 is 0 Å². The van der Waals surface area contributed by atoms with E-state index in [1.54, 1.807) is 7.05 Å². The summed E-state index contributed by atoms with van der Waals surface area (Å²) in [7, 11) is 1.56. The molecule has 9 unspecified atom stereocenters. The van der Waals surface area contributed by atoms with Crippen molar-refractivity contribution in [2.24, 2.45) is 22.9 Å². The quantitative estimate of drug-likeness (QED) is 0.112. The van der Waals surface area contributed by atoms with Gasteiger partial charge in [-0.1, -0.05) is 12.8 Å². The molecule has 0 aromatic rings. The van der Waals surface area contributed by atoms with E-state index in [1.807, 2.05) is 0 Å². The maximum atomic E-state index is 11.3. The molecule has 18 heteroatoms. The van der Waals surface area contributed by atoms with Gasteiger partial charge in [-0.3, -0.25) is 0 Å². The van der Waals surface area contributed by atoms with E-state index in [-0.39, 0.29) is 6.42 Å². The number of fused-ring (bicyclic) bond motifs is 1. The summed E-state index contributed by atoms with van der Waals surface area (Å²) in [6.45, 7) is -0.0853. The highest BCUT2D eigenvalue weighted by Gasteiger charge is 2.54. The molecule has 4 saturated heterocycles. The standard InChI is InChI=1S/C26H50N6O12/c1-31-13-15(35)19-10(6-9(27)23(41-19)42-20-16(36)17(37)21(28)43-22(20)29)39-24(13)44-25-18(38)14(34)12(11(7-33)40-25)32-8-26(30)4-2-3-5-26/h9-25,31-38H,2-8,27-30H2,1H3/t9?,10-,11?,12+,13?,14-,15?,16+,17?,18?,19?,20-,21+,22?,23+,24?,25+/m0/s1. The molecule has 5 rings (SSSR count). The highest BCUT2D eigenvalue weighted by Crippen LogP contribution is 2.35. The second kappa shape index (κ2) is 14.2. The summed E-state index contributed by atoms with van der Waals surface area (Å²) in [4.78, 5) is 0. The second-order valence-electron chi connectivity index (χ2n) is 12.7. The van der Waals surface area contributed by atoms with Gasteiger partial charge < -0.3 is 92.6 Å². The van der Waals surface area contributed by atoms with Gasteiger partial charge in [0.1, 0.15) is 61.3 Å². The average molecular weight is 639 g/mol. The van der Waals surface area contributed by atoms with Crippen molar-refractivity contribution in [3.63, 3.8) is 0 Å². The summed E-state index contributed by atoms with van der Waals surface area (Å²) in [5.74, 6) is 0. The largest absolute Gasteiger partial charge is 0.394 e. The van der Waals surface area contributed by atoms with Crippen molar-refractivity contribution in [3.05, 3.63) is 0 Å². The molecule has 1 saturated carbocycles. The van der Waals surface area contributed by atoms with E-state index in [1.165, 1.54) is 0 Å². The van der Waals surface area contributed by atoms with Crippen molar-refractivity contribution in [3.8, 4) is 0 Å². The predicted octanol–water partition coefficient (Wildman–Crippen LogP) is -6.51. The van der Waals surface area contributed by atoms with Crippen LogP contribution in [0.5, 0.6) is 0 Å². The third-order valence-electron chi connectivity index (χ3n) is 9.55. The number of ether oxygens (including phenoxy) is 6. The van der Waals surface area contributed by atoms with Gasteiger partial charge in [0.25, 0.3) is 0 Å². The monoisotopic (exact) mass is 638 g/mol. The van der Waals surface area contributed by atoms with Crippen molar-refractivity contribution in [2.45, 2.75) is 142 Å². The van der Waals surface area contributed by atoms with Crippen molar-refractivity contribution >= 4 is 0 Å². The van der Waals surface area contributed by atoms with Gasteiger partial charge >= 0.3 is 0 Å². The number of rotatable bonds is 9. The molecule has 1 aliphatic carbocycles. The van der Waals surface area contributed by atoms with Crippen LogP contribution in [0.1, 0.15) is 32.1 Å². The third kappa shape index (κ3) is 6.93. The van der Waals surface area contributed by atoms with Crippen molar-refractivity contribution in [1.82, 2.24) is 10.6 Å². The number of nitrogens with one attached hydrogen (secondary N) is 2. The van der Waals surface area contributed by atoms with Crippen LogP contribution in [0.2, 0.25) is 0 Å². The zero-order chi connectivity index (χ0) is 31.9. The molecule has 5 fully saturated rings. The average Bonchev–Trinajstić information content (AvgIpc) is 3.42. The van der Waals surface area contributed by atoms with Crippen LogP contribution in [-0.2, 0) is 28.4 Å². The molecule has 0 aromatic carbocycles. The maximum Gasteiger partial charge on any atom is 0.189 e. The van der Waals surface area contributed by atoms with Crippen LogP contribution in [0.4, 0.5) is 0 Å². The number of hydrogen-bond donors (Lipinski definition) is 12. The summed E-state index contributed by atoms with van der Waals surface area (Å²) in [6, 6.07) is -2.54. The molecular formula is C26H50N6O12. The molecule has 0 amide bonds. The lowest BCUT2D eigenvalue weighted by molar-refractivity contribution is -0.376. The first kappa shape index (κ1) is 34.6. The first-order chi connectivity index (χ1) is 20.9. The Morgan fingerprint density at radius 1 is 0.773 bits per heavy atom. The number of aliphatic hydroxyl groups is 6. The zero-order valence-electron chi connectivity index (χ0n) is 24.7. The fraction of sp³-hybridized carbons (Fsp3) is 1.00. The lowest BCUT2D eigenvalue weighted by atomic mass is 9.90. The Bertz CT molecular complexity index is 936. The van der Waals surface area contributed by atoms with Gasteiger partial charge in [0.15, 0.2) is 18.9 Å². The van der Waals surface area contributed by atoms with Crippen molar-refractivity contribution < 1.29 is 59.1 Å². The molecule has 256 valence electrons. The highest BCUT2D eigenvalue weighted by molar-refractivity contribution is 5.01. The highest BCUT2D eigenvalue weighted by atomic mass is 16.8. The first-order valence-corrected chi connectivity index (χ1v) is 15.3. The van der Waals surface area contributed by atoms with Gasteiger partial charge in [-0.05, 0) is 26.3 Å². The van der Waals surface area contributed by atoms with Gasteiger partial charge in [0.2, 0.25) is 0 Å². The summed E-state index contributed by atoms with van der Waals surface area (Å²) >= 11 is 0. The molecule has 4 heterocycles. The van der Waals surface area contributed by atoms with E-state index < -0.39 is 117 Å². The van der Waals surface area contributed by atoms with Gasteiger partial charge in [0.05, 0.1) is 30.8 Å². The minimum Gasteiger partial charge on any atom is -0.394 e. The van der Waals surface area contributed by atoms with E-state index in [0.29, 0.717) is 6.54 Å². The molecule has 16 N–H and O–H groups in total. The summed E-state index contributed by atoms with van der Waals surface area (Å²) in [6.07, 6.45) is -13.3. The fourth-order valence-corrected chi connectivity index (χ4v) is 6.87. The molecule has 4 aliphatic heterocycles. The normalized spacial score (nSPS) is 51.2. The molecule has 0 aromatic heterocycles. The zero-order valence-corrected chi connectivity index (χ0v) is 24.7. The Hall–Kier alpha value is -0.720. The maximum absolute atomic E-state index is 11.3. The molecule has 17 atom stereocenters. The van der Waals surface area contributed by atoms with Crippen molar-refractivity contribution in [2.75, 3.05) is 20.2 Å². The number of aliphatic hydroxyl groups excluding tert-OH is 6. The van der Waals surface area contributed by atoms with E-state index in [4.69, 9.17) is 51.4 Å². The van der Waals surface area contributed by atoms with E-state index in [9.17, 15) is 30.6 Å². The summed E-state index contributed by atoms with van der Waals surface area (Å²) < 4.78 is 35.0. The Morgan fingerprint density at radius 2 is 1.48 bits per heavy atom. The number of nitrogens with two attached hydrogens (primary N) is 4. The molecule has 0 bridgehead atoms. The Labute approximate surface area is 255 Å². The lowest BCUT2D eigenvalue weighted by Gasteiger charge is -2.51. The molecular weight excluding hydrogens is 588 g/mol. The Morgan fingerprint density at radius 3 is 2.14 bits per heavy atom. The molecule has 18 nitrogen and oxygen atoms in total. The predicted molar refractivity (Wildman–Crippen MR) is 149 cm³/mol. The number of likely N-dealkylation sites (N-methyl/N-ethyl adjacent to an activating group) is 1. The molecule has 5 aliphatic rings. The summed E-state index contributed by atoms with van der Waals surface area (Å²) in [5.41, 5.74) is 23.9. The van der Waals surface area contributed by atoms with E-state index in [2.05, 4.69) is 10.6 Å². The van der Waals surface area contributed by atoms with Crippen molar-refractivity contribution in [1.29, 1.82) is 0 Å². The summed E-state index contributed by atoms with van der Waals surface area (Å²) in [5, 5.41) is 69.9. The van der Waals surface area contributed by atoms with E-state index in [0.717, 1.165) is 25.7 Å². The molecule has 0 spiro atoms. The smallest absolute Gasteiger partial charge is 0.189 e. The first-order valence-electron chi connectivity index (χ1n) is 15.3. The number of hydrogen-bond acceptors (Lipinski definition) is 18. The minimum absolute atomic E-state index is 0.118. The fourth-order valence-electron chi connectivity index (χ4n) is 6.87. The third-order valence-corrected chi connectivity index (χ3v) is 9.55. The van der Waals surface area contributed by atoms with Crippen LogP contribution in [0.15, 0.2) is 0 Å². The van der Waals surface area contributed by atoms with Gasteiger partial charge in [-0.2, -0.15) is 0 Å². The van der Waals surface area contributed by atoms with Gasteiger partial charge in [-0.25, -0.2) is 0 Å². The van der Waals surface area contributed by atoms with Crippen LogP contribution in [0.25, 0.3) is 0 Å². The SMILES string of the molecule is CNC1C(O[C@H]2OC(CO)[C@@H](NCC3(N)CCCC3)[C@H](O)C2O)O[C@H]2CC(N)[C@@H](O[C@@H]3C(N)O[C@@H](N)C(O)[C@H]3O)OC2C1O.